The molecule has 0 fully saturated rings. The van der Waals surface area contributed by atoms with E-state index in [1.54, 1.807) is 49.2 Å². The van der Waals surface area contributed by atoms with E-state index in [-0.39, 0.29) is 5.91 Å². The number of thioether (sulfide) groups is 1. The number of aromatic nitrogens is 3. The number of amides is 1. The summed E-state index contributed by atoms with van der Waals surface area (Å²) in [4.78, 5) is 14.9. The van der Waals surface area contributed by atoms with Gasteiger partial charge in [-0.05, 0) is 41.3 Å². The van der Waals surface area contributed by atoms with Gasteiger partial charge < -0.3 is 9.64 Å². The molecule has 2 aromatic heterocycles. The summed E-state index contributed by atoms with van der Waals surface area (Å²) >= 11 is 3.19. The number of carbonyl (C=O) groups is 1. The summed E-state index contributed by atoms with van der Waals surface area (Å²) in [6.07, 6.45) is 0. The van der Waals surface area contributed by atoms with Gasteiger partial charge in [0, 0.05) is 25.4 Å². The molecule has 0 radical (unpaired) electrons. The second kappa shape index (κ2) is 9.36. The summed E-state index contributed by atoms with van der Waals surface area (Å²) in [7, 11) is 5.17. The van der Waals surface area contributed by atoms with E-state index in [1.165, 1.54) is 0 Å². The second-order valence-electron chi connectivity index (χ2n) is 6.98. The predicted octanol–water partition coefficient (Wildman–Crippen LogP) is 5.00. The maximum Gasteiger partial charge on any atom is 0.253 e. The summed E-state index contributed by atoms with van der Waals surface area (Å²) in [5, 5.41) is 11.7. The van der Waals surface area contributed by atoms with Crippen molar-refractivity contribution in [2.24, 2.45) is 0 Å². The minimum atomic E-state index is -0.0102. The van der Waals surface area contributed by atoms with Crippen LogP contribution in [0.2, 0.25) is 0 Å². The molecule has 0 N–H and O–H groups in total. The Balaban J connectivity index is 1.68. The van der Waals surface area contributed by atoms with Crippen LogP contribution in [0.25, 0.3) is 16.4 Å². The highest BCUT2D eigenvalue weighted by Gasteiger charge is 2.19. The standard InChI is InChI=1S/C23H22N4O2S2/c1-26(2)22(28)17-9-6-8-16(14-17)15-31-23-25-24-21(20-12-7-13-30-20)27(23)18-10-4-5-11-19(18)29-3/h4-14H,15H2,1-3H3. The Labute approximate surface area is 189 Å². The van der Waals surface area contributed by atoms with Crippen LogP contribution in [0.1, 0.15) is 15.9 Å². The number of nitrogens with zero attached hydrogens (tertiary/aromatic N) is 4. The quantitative estimate of drug-likeness (QED) is 0.371. The first-order chi connectivity index (χ1) is 15.1. The lowest BCUT2D eigenvalue weighted by atomic mass is 10.1. The van der Waals surface area contributed by atoms with Crippen LogP contribution in [0.15, 0.2) is 71.2 Å². The summed E-state index contributed by atoms with van der Waals surface area (Å²) < 4.78 is 7.63. The first kappa shape index (κ1) is 21.1. The van der Waals surface area contributed by atoms with Gasteiger partial charge in [-0.2, -0.15) is 0 Å². The summed E-state index contributed by atoms with van der Waals surface area (Å²) in [5.74, 6) is 2.18. The SMILES string of the molecule is COc1ccccc1-n1c(SCc2cccc(C(=O)N(C)C)c2)nnc1-c1cccs1. The normalized spacial score (nSPS) is 10.8. The van der Waals surface area contributed by atoms with E-state index in [0.29, 0.717) is 11.3 Å². The molecule has 4 rings (SSSR count). The monoisotopic (exact) mass is 450 g/mol. The maximum absolute atomic E-state index is 12.3. The molecule has 0 spiro atoms. The largest absolute Gasteiger partial charge is 0.495 e. The molecule has 2 heterocycles. The highest BCUT2D eigenvalue weighted by Crippen LogP contribution is 2.35. The van der Waals surface area contributed by atoms with Gasteiger partial charge in [-0.1, -0.05) is 42.1 Å². The van der Waals surface area contributed by atoms with Gasteiger partial charge in [0.2, 0.25) is 0 Å². The van der Waals surface area contributed by atoms with Gasteiger partial charge in [0.15, 0.2) is 11.0 Å². The number of hydrogen-bond acceptors (Lipinski definition) is 6. The highest BCUT2D eigenvalue weighted by atomic mass is 32.2. The third-order valence-corrected chi connectivity index (χ3v) is 6.51. The smallest absolute Gasteiger partial charge is 0.253 e. The number of ether oxygens (including phenoxy) is 1. The first-order valence-electron chi connectivity index (χ1n) is 9.64. The molecule has 0 saturated heterocycles. The number of carbonyl (C=O) groups excluding carboxylic acids is 1. The number of benzene rings is 2. The zero-order valence-corrected chi connectivity index (χ0v) is 19.1. The zero-order chi connectivity index (χ0) is 21.8. The fourth-order valence-electron chi connectivity index (χ4n) is 3.16. The summed E-state index contributed by atoms with van der Waals surface area (Å²) in [5.41, 5.74) is 2.61. The number of thiophene rings is 1. The minimum absolute atomic E-state index is 0.0102. The van der Waals surface area contributed by atoms with Crippen molar-refractivity contribution >= 4 is 29.0 Å². The Kier molecular flexibility index (Phi) is 6.39. The fraction of sp³-hybridized carbons (Fsp3) is 0.174. The van der Waals surface area contributed by atoms with Crippen molar-refractivity contribution in [3.8, 4) is 22.1 Å². The van der Waals surface area contributed by atoms with Gasteiger partial charge in [0.1, 0.15) is 5.75 Å². The summed E-state index contributed by atoms with van der Waals surface area (Å²) in [6, 6.07) is 19.6. The topological polar surface area (TPSA) is 60.2 Å². The van der Waals surface area contributed by atoms with Gasteiger partial charge >= 0.3 is 0 Å². The fourth-order valence-corrected chi connectivity index (χ4v) is 4.75. The lowest BCUT2D eigenvalue weighted by Crippen LogP contribution is -2.21. The van der Waals surface area contributed by atoms with Crippen LogP contribution in [0.4, 0.5) is 0 Å². The molecule has 6 nitrogen and oxygen atoms in total. The second-order valence-corrected chi connectivity index (χ2v) is 8.87. The summed E-state index contributed by atoms with van der Waals surface area (Å²) in [6.45, 7) is 0. The van der Waals surface area contributed by atoms with E-state index in [0.717, 1.165) is 32.9 Å². The average Bonchev–Trinajstić information content (AvgIpc) is 3.47. The molecule has 0 bridgehead atoms. The Hall–Kier alpha value is -3.10. The number of hydrogen-bond donors (Lipinski definition) is 0. The molecule has 4 aromatic rings. The van der Waals surface area contributed by atoms with Crippen LogP contribution >= 0.6 is 23.1 Å². The Morgan fingerprint density at radius 1 is 1.10 bits per heavy atom. The van der Waals surface area contributed by atoms with Crippen LogP contribution < -0.4 is 4.74 Å². The van der Waals surface area contributed by atoms with Crippen LogP contribution in [-0.4, -0.2) is 46.8 Å². The van der Waals surface area contributed by atoms with E-state index in [1.807, 2.05) is 70.6 Å². The van der Waals surface area contributed by atoms with E-state index >= 15 is 0 Å². The van der Waals surface area contributed by atoms with Crippen LogP contribution in [-0.2, 0) is 5.75 Å². The van der Waals surface area contributed by atoms with Gasteiger partial charge in [-0.15, -0.1) is 21.5 Å². The number of para-hydroxylation sites is 2. The molecular weight excluding hydrogens is 428 g/mol. The molecule has 0 saturated carbocycles. The molecule has 0 atom stereocenters. The van der Waals surface area contributed by atoms with Crippen molar-refractivity contribution in [2.45, 2.75) is 10.9 Å². The van der Waals surface area contributed by atoms with Crippen LogP contribution in [0, 0.1) is 0 Å². The predicted molar refractivity (Wildman–Crippen MR) is 125 cm³/mol. The molecule has 31 heavy (non-hydrogen) atoms. The van der Waals surface area contributed by atoms with Crippen molar-refractivity contribution in [1.82, 2.24) is 19.7 Å². The zero-order valence-electron chi connectivity index (χ0n) is 17.5. The third-order valence-electron chi connectivity index (χ3n) is 4.65. The van der Waals surface area contributed by atoms with Gasteiger partial charge in [-0.3, -0.25) is 9.36 Å². The number of methoxy groups -OCH3 is 1. The van der Waals surface area contributed by atoms with Gasteiger partial charge in [0.25, 0.3) is 5.91 Å². The maximum atomic E-state index is 12.3. The third kappa shape index (κ3) is 4.50. The molecule has 2 aromatic carbocycles. The Morgan fingerprint density at radius 2 is 1.94 bits per heavy atom. The van der Waals surface area contributed by atoms with Crippen molar-refractivity contribution in [3.63, 3.8) is 0 Å². The minimum Gasteiger partial charge on any atom is -0.495 e. The molecule has 0 aliphatic heterocycles. The number of rotatable bonds is 7. The van der Waals surface area contributed by atoms with Crippen LogP contribution in [0.3, 0.4) is 0 Å². The molecular formula is C23H22N4O2S2. The van der Waals surface area contributed by atoms with Crippen molar-refractivity contribution < 1.29 is 9.53 Å². The Morgan fingerprint density at radius 3 is 2.68 bits per heavy atom. The molecule has 1 amide bonds. The molecule has 0 aliphatic rings. The van der Waals surface area contributed by atoms with E-state index in [9.17, 15) is 4.79 Å². The van der Waals surface area contributed by atoms with E-state index in [2.05, 4.69) is 10.2 Å². The van der Waals surface area contributed by atoms with Crippen molar-refractivity contribution in [1.29, 1.82) is 0 Å². The van der Waals surface area contributed by atoms with Gasteiger partial charge in [0.05, 0.1) is 17.7 Å². The molecule has 0 aliphatic carbocycles. The van der Waals surface area contributed by atoms with Crippen molar-refractivity contribution in [2.75, 3.05) is 21.2 Å². The molecule has 158 valence electrons. The Bertz CT molecular complexity index is 1190. The van der Waals surface area contributed by atoms with Crippen molar-refractivity contribution in [3.05, 3.63) is 77.2 Å². The molecule has 0 unspecified atom stereocenters. The average molecular weight is 451 g/mol. The van der Waals surface area contributed by atoms with Crippen LogP contribution in [0.5, 0.6) is 5.75 Å². The lowest BCUT2D eigenvalue weighted by Gasteiger charge is -2.13. The first-order valence-corrected chi connectivity index (χ1v) is 11.5. The highest BCUT2D eigenvalue weighted by molar-refractivity contribution is 7.98. The van der Waals surface area contributed by atoms with E-state index in [4.69, 9.17) is 4.74 Å². The van der Waals surface area contributed by atoms with E-state index < -0.39 is 0 Å². The molecule has 8 heteroatoms. The lowest BCUT2D eigenvalue weighted by molar-refractivity contribution is 0.0827. The van der Waals surface area contributed by atoms with Gasteiger partial charge in [-0.25, -0.2) is 0 Å².